The largest absolute Gasteiger partial charge is 0.439 e. The van der Waals surface area contributed by atoms with Gasteiger partial charge >= 0.3 is 6.09 Å². The fraction of sp³-hybridized carbons (Fsp3) is 0.548. The van der Waals surface area contributed by atoms with Crippen LogP contribution in [-0.2, 0) is 23.9 Å². The Balaban J connectivity index is 2.01. The number of ketones is 2. The summed E-state index contributed by atoms with van der Waals surface area (Å²) in [6.45, 7) is 8.64. The molecule has 0 aromatic rings. The highest BCUT2D eigenvalue weighted by Gasteiger charge is 2.34. The molecule has 10 heteroatoms. The number of Topliss-reactive ketones (excluding diaryl/α,β-unsaturated/α-hetero) is 1. The molecule has 10 nitrogen and oxygen atoms in total. The van der Waals surface area contributed by atoms with E-state index in [0.29, 0.717) is 49.2 Å². The smallest absolute Gasteiger partial charge is 0.405 e. The summed E-state index contributed by atoms with van der Waals surface area (Å²) in [4.78, 5) is 53.6. The topological polar surface area (TPSA) is 148 Å². The average molecular weight is 570 g/mol. The number of allylic oxidation sites excluding steroid dienone is 4. The van der Waals surface area contributed by atoms with Crippen LogP contribution >= 0.6 is 0 Å². The summed E-state index contributed by atoms with van der Waals surface area (Å²) < 4.78 is 10.9. The van der Waals surface area contributed by atoms with Crippen LogP contribution in [0.5, 0.6) is 0 Å². The van der Waals surface area contributed by atoms with Gasteiger partial charge in [0.25, 0.3) is 5.91 Å². The number of likely N-dealkylation sites (tertiary alicyclic amines) is 1. The minimum Gasteiger partial charge on any atom is -0.439 e. The molecule has 2 bridgehead atoms. The fourth-order valence-corrected chi connectivity index (χ4v) is 5.50. The van der Waals surface area contributed by atoms with Crippen LogP contribution in [0.3, 0.4) is 0 Å². The van der Waals surface area contributed by atoms with E-state index in [1.807, 2.05) is 24.8 Å². The highest BCUT2D eigenvalue weighted by Crippen LogP contribution is 2.31. The Morgan fingerprint density at radius 2 is 1.80 bits per heavy atom. The van der Waals surface area contributed by atoms with Crippen molar-refractivity contribution < 1.29 is 33.8 Å². The molecular formula is C31H43N3O7. The third kappa shape index (κ3) is 8.27. The van der Waals surface area contributed by atoms with Crippen LogP contribution in [-0.4, -0.2) is 72.1 Å². The number of rotatable bonds is 3. The van der Waals surface area contributed by atoms with Gasteiger partial charge in [0.2, 0.25) is 11.6 Å². The maximum atomic E-state index is 13.7. The van der Waals surface area contributed by atoms with Gasteiger partial charge in [-0.25, -0.2) is 4.79 Å². The fourth-order valence-electron chi connectivity index (χ4n) is 5.50. The summed E-state index contributed by atoms with van der Waals surface area (Å²) >= 11 is 0. The number of aliphatic hydroxyl groups excluding tert-OH is 1. The van der Waals surface area contributed by atoms with E-state index in [9.17, 15) is 24.3 Å². The van der Waals surface area contributed by atoms with Gasteiger partial charge in [0.15, 0.2) is 6.10 Å². The number of carbonyl (C=O) groups excluding carboxylic acids is 4. The first-order chi connectivity index (χ1) is 19.4. The van der Waals surface area contributed by atoms with Crippen molar-refractivity contribution in [3.05, 3.63) is 58.5 Å². The molecule has 0 saturated carbocycles. The van der Waals surface area contributed by atoms with Gasteiger partial charge < -0.3 is 30.5 Å². The van der Waals surface area contributed by atoms with Crippen molar-refractivity contribution in [3.63, 3.8) is 0 Å². The lowest BCUT2D eigenvalue weighted by Gasteiger charge is -2.28. The molecule has 3 rings (SSSR count). The summed E-state index contributed by atoms with van der Waals surface area (Å²) in [5, 5.41) is 13.6. The number of hydrogen-bond donors (Lipinski definition) is 3. The molecule has 2 aliphatic heterocycles. The lowest BCUT2D eigenvalue weighted by Crippen LogP contribution is -2.37. The number of primary amides is 1. The highest BCUT2D eigenvalue weighted by atomic mass is 16.6. The lowest BCUT2D eigenvalue weighted by atomic mass is 9.86. The molecule has 2 amide bonds. The van der Waals surface area contributed by atoms with Crippen molar-refractivity contribution in [2.75, 3.05) is 20.2 Å². The number of methoxy groups -OCH3 is 1. The van der Waals surface area contributed by atoms with Gasteiger partial charge in [-0.15, -0.1) is 0 Å². The highest BCUT2D eigenvalue weighted by molar-refractivity contribution is 6.23. The van der Waals surface area contributed by atoms with E-state index in [1.54, 1.807) is 26.0 Å². The first kappa shape index (κ1) is 32.0. The van der Waals surface area contributed by atoms with Gasteiger partial charge in [0, 0.05) is 43.3 Å². The first-order valence-corrected chi connectivity index (χ1v) is 14.2. The summed E-state index contributed by atoms with van der Waals surface area (Å²) in [6.07, 6.45) is 7.86. The van der Waals surface area contributed by atoms with Crippen LogP contribution < -0.4 is 11.1 Å². The van der Waals surface area contributed by atoms with Crippen molar-refractivity contribution in [2.45, 2.75) is 78.1 Å². The zero-order valence-electron chi connectivity index (χ0n) is 24.6. The number of carbonyl (C=O) groups is 4. The third-order valence-electron chi connectivity index (χ3n) is 7.89. The Kier molecular flexibility index (Phi) is 11.3. The molecule has 0 radical (unpaired) electrons. The minimum absolute atomic E-state index is 0.0157. The molecule has 0 aromatic heterocycles. The molecule has 4 N–H and O–H groups in total. The van der Waals surface area contributed by atoms with Crippen LogP contribution in [0, 0.1) is 11.8 Å². The third-order valence-corrected chi connectivity index (χ3v) is 7.89. The van der Waals surface area contributed by atoms with Crippen molar-refractivity contribution in [3.8, 4) is 0 Å². The average Bonchev–Trinajstić information content (AvgIpc) is 3.44. The Labute approximate surface area is 242 Å². The minimum atomic E-state index is -0.967. The van der Waals surface area contributed by atoms with E-state index in [4.69, 9.17) is 15.2 Å². The lowest BCUT2D eigenvalue weighted by molar-refractivity contribution is -0.120. The van der Waals surface area contributed by atoms with Gasteiger partial charge in [-0.3, -0.25) is 14.4 Å². The zero-order valence-corrected chi connectivity index (χ0v) is 24.6. The second-order valence-corrected chi connectivity index (χ2v) is 11.2. The molecule has 0 aromatic carbocycles. The normalized spacial score (nSPS) is 32.4. The predicted molar refractivity (Wildman–Crippen MR) is 154 cm³/mol. The number of amides is 2. The molecule has 3 aliphatic rings. The molecule has 1 saturated heterocycles. The number of aliphatic hydroxyl groups is 1. The van der Waals surface area contributed by atoms with Crippen LogP contribution in [0.15, 0.2) is 58.5 Å². The molecule has 5 atom stereocenters. The molecule has 0 spiro atoms. The molecule has 1 aliphatic carbocycles. The van der Waals surface area contributed by atoms with E-state index in [0.717, 1.165) is 12.8 Å². The van der Waals surface area contributed by atoms with E-state index in [2.05, 4.69) is 5.32 Å². The van der Waals surface area contributed by atoms with Crippen LogP contribution in [0.1, 0.15) is 59.8 Å². The summed E-state index contributed by atoms with van der Waals surface area (Å²) in [5.41, 5.74) is 7.07. The SMILES string of the molecule is CO[C@H]1/C=C\C=C(/C)C(=O)NC2=CC(=O)C(N3CCCC3)=C(C[C@@H](C)CC[C@H](O)[C@@H](C)/C=C(\C)[C@@H]1OC(N)=O)C2=O. The van der Waals surface area contributed by atoms with Gasteiger partial charge in [0.05, 0.1) is 17.5 Å². The van der Waals surface area contributed by atoms with Gasteiger partial charge in [0.1, 0.15) is 6.10 Å². The van der Waals surface area contributed by atoms with Gasteiger partial charge in [-0.05, 0) is 57.4 Å². The Morgan fingerprint density at radius 3 is 2.44 bits per heavy atom. The van der Waals surface area contributed by atoms with Crippen molar-refractivity contribution in [1.82, 2.24) is 10.2 Å². The maximum Gasteiger partial charge on any atom is 0.405 e. The van der Waals surface area contributed by atoms with E-state index in [1.165, 1.54) is 19.3 Å². The molecular weight excluding hydrogens is 526 g/mol. The van der Waals surface area contributed by atoms with Gasteiger partial charge in [-0.2, -0.15) is 0 Å². The summed E-state index contributed by atoms with van der Waals surface area (Å²) in [5.74, 6) is -1.46. The number of ether oxygens (including phenoxy) is 2. The quantitative estimate of drug-likeness (QED) is 0.347. The molecule has 1 fully saturated rings. The number of nitrogens with one attached hydrogen (secondary N) is 1. The second kappa shape index (κ2) is 14.4. The predicted octanol–water partition coefficient (Wildman–Crippen LogP) is 3.23. The van der Waals surface area contributed by atoms with Gasteiger partial charge in [-0.1, -0.05) is 38.2 Å². The Hall–Kier alpha value is -3.50. The van der Waals surface area contributed by atoms with Crippen molar-refractivity contribution >= 4 is 23.6 Å². The molecule has 2 heterocycles. The first-order valence-electron chi connectivity index (χ1n) is 14.2. The van der Waals surface area contributed by atoms with Crippen LogP contribution in [0.2, 0.25) is 0 Å². The van der Waals surface area contributed by atoms with E-state index in [-0.39, 0.29) is 34.7 Å². The van der Waals surface area contributed by atoms with Crippen molar-refractivity contribution in [1.29, 1.82) is 0 Å². The number of nitrogens with two attached hydrogens (primary N) is 1. The Morgan fingerprint density at radius 1 is 1.12 bits per heavy atom. The summed E-state index contributed by atoms with van der Waals surface area (Å²) in [6, 6.07) is 0. The number of nitrogens with zero attached hydrogens (tertiary/aromatic N) is 1. The Bertz CT molecular complexity index is 1190. The van der Waals surface area contributed by atoms with Crippen LogP contribution in [0.4, 0.5) is 4.79 Å². The molecule has 224 valence electrons. The second-order valence-electron chi connectivity index (χ2n) is 11.2. The number of hydrogen-bond acceptors (Lipinski definition) is 8. The maximum absolute atomic E-state index is 13.7. The van der Waals surface area contributed by atoms with Crippen molar-refractivity contribution in [2.24, 2.45) is 17.6 Å². The van der Waals surface area contributed by atoms with E-state index < -0.39 is 30.3 Å². The standard InChI is InChI=1S/C31H43N3O7/c1-18-11-12-24(35)20(3)16-21(4)29(41-31(32)39)26(40-5)10-8-9-19(2)30(38)33-23-17-25(36)27(22(15-18)28(23)37)34-13-6-7-14-34/h8-10,16-18,20,24,26,29,35H,6-7,11-15H2,1-5H3,(H2,32,39)(H,33,38)/b10-8-,19-9+,21-16+/t18-,20-,24-,26-,29-/m0/s1. The monoisotopic (exact) mass is 569 g/mol. The van der Waals surface area contributed by atoms with E-state index >= 15 is 0 Å². The zero-order chi connectivity index (χ0) is 30.3. The molecule has 0 unspecified atom stereocenters. The summed E-state index contributed by atoms with van der Waals surface area (Å²) in [7, 11) is 1.46. The van der Waals surface area contributed by atoms with Crippen LogP contribution in [0.25, 0.3) is 0 Å². The number of fused-ring (bicyclic) bond motifs is 2. The molecule has 41 heavy (non-hydrogen) atoms.